The summed E-state index contributed by atoms with van der Waals surface area (Å²) in [5.41, 5.74) is 20.7. The van der Waals surface area contributed by atoms with Gasteiger partial charge < -0.3 is 18.8 Å². The van der Waals surface area contributed by atoms with Crippen LogP contribution in [0.15, 0.2) is 169 Å². The van der Waals surface area contributed by atoms with Crippen molar-refractivity contribution in [3.63, 3.8) is 0 Å². The van der Waals surface area contributed by atoms with E-state index in [1.165, 1.54) is 105 Å². The Morgan fingerprint density at radius 3 is 1.50 bits per heavy atom. The molecule has 0 saturated carbocycles. The molecule has 0 unspecified atom stereocenters. The van der Waals surface area contributed by atoms with Gasteiger partial charge in [0.15, 0.2) is 0 Å². The van der Waals surface area contributed by atoms with Crippen molar-refractivity contribution in [3.8, 4) is 22.3 Å². The second-order valence-corrected chi connectivity index (χ2v) is 15.7. The monoisotopic (exact) mass is 704 g/mol. The zero-order chi connectivity index (χ0) is 35.2. The number of thioether (sulfide) groups is 1. The molecule has 0 bridgehead atoms. The number of aromatic nitrogens is 2. The minimum absolute atomic E-state index is 0.0298. The van der Waals surface area contributed by atoms with Crippen LogP contribution in [0.3, 0.4) is 0 Å². The van der Waals surface area contributed by atoms with Crippen molar-refractivity contribution in [1.29, 1.82) is 0 Å². The number of hydrogen-bond donors (Lipinski definition) is 0. The fraction of sp³-hybridized carbons (Fsp3) is 0.0213. The van der Waals surface area contributed by atoms with E-state index in [1.807, 2.05) is 11.8 Å². The van der Waals surface area contributed by atoms with Crippen LogP contribution in [0.25, 0.3) is 44.1 Å². The molecule has 0 N–H and O–H groups in total. The molecular weight excluding hydrogens is 674 g/mol. The largest absolute Gasteiger partial charge is 0.382 e. The normalized spacial score (nSPS) is 13.9. The first-order valence-corrected chi connectivity index (χ1v) is 19.9. The van der Waals surface area contributed by atoms with Crippen LogP contribution in [0, 0.1) is 0 Å². The maximum absolute atomic E-state index is 2.60. The minimum Gasteiger partial charge on any atom is -0.382 e. The van der Waals surface area contributed by atoms with E-state index in [4.69, 9.17) is 0 Å². The predicted octanol–water partition coefficient (Wildman–Crippen LogP) is 9.15. The Labute approximate surface area is 318 Å². The van der Waals surface area contributed by atoms with Gasteiger partial charge in [0.05, 0.1) is 5.69 Å². The molecule has 0 aliphatic carbocycles. The molecule has 2 aromatic heterocycles. The molecule has 0 atom stereocenters. The summed E-state index contributed by atoms with van der Waals surface area (Å²) in [5.74, 6) is 0. The van der Waals surface area contributed by atoms with Crippen molar-refractivity contribution in [2.24, 2.45) is 0 Å². The van der Waals surface area contributed by atoms with E-state index in [9.17, 15) is 0 Å². The van der Waals surface area contributed by atoms with Crippen LogP contribution in [-0.2, 0) is 0 Å². The van der Waals surface area contributed by atoms with Crippen LogP contribution in [-0.4, -0.2) is 28.9 Å². The Morgan fingerprint density at radius 1 is 0.426 bits per heavy atom. The molecule has 0 fully saturated rings. The molecule has 250 valence electrons. The molecule has 6 heterocycles. The molecule has 0 spiro atoms. The molecule has 54 heavy (non-hydrogen) atoms. The number of para-hydroxylation sites is 4. The highest BCUT2D eigenvalue weighted by atomic mass is 32.2. The van der Waals surface area contributed by atoms with Crippen molar-refractivity contribution < 1.29 is 0 Å². The van der Waals surface area contributed by atoms with Crippen LogP contribution in [0.1, 0.15) is 0 Å². The van der Waals surface area contributed by atoms with Gasteiger partial charge in [0.2, 0.25) is 0 Å². The van der Waals surface area contributed by atoms with Gasteiger partial charge in [0.1, 0.15) is 0 Å². The summed E-state index contributed by atoms with van der Waals surface area (Å²) >= 11 is 1.85. The molecule has 0 radical (unpaired) electrons. The third-order valence-corrected chi connectivity index (χ3v) is 13.1. The van der Waals surface area contributed by atoms with Gasteiger partial charge in [-0.3, -0.25) is 0 Å². The number of rotatable bonds is 3. The van der Waals surface area contributed by atoms with E-state index in [-0.39, 0.29) is 13.7 Å². The lowest BCUT2D eigenvalue weighted by Gasteiger charge is -2.46. The summed E-state index contributed by atoms with van der Waals surface area (Å²) in [6.45, 7) is -0.0632. The summed E-state index contributed by atoms with van der Waals surface area (Å²) in [7, 11) is 0. The van der Waals surface area contributed by atoms with E-state index in [0.717, 1.165) is 0 Å². The van der Waals surface area contributed by atoms with Gasteiger partial charge in [-0.05, 0) is 117 Å². The third-order valence-electron chi connectivity index (χ3n) is 12.4. The number of nitrogens with zero attached hydrogens (tertiary/aromatic N) is 4. The van der Waals surface area contributed by atoms with E-state index in [1.54, 1.807) is 0 Å². The molecule has 7 heteroatoms. The Balaban J connectivity index is 1.26. The van der Waals surface area contributed by atoms with E-state index in [2.05, 4.69) is 189 Å². The van der Waals surface area contributed by atoms with E-state index in [0.29, 0.717) is 0 Å². The van der Waals surface area contributed by atoms with Crippen LogP contribution in [0.5, 0.6) is 0 Å². The summed E-state index contributed by atoms with van der Waals surface area (Å²) < 4.78 is 5.19. The van der Waals surface area contributed by atoms with Crippen LogP contribution in [0.2, 0.25) is 0 Å². The summed E-state index contributed by atoms with van der Waals surface area (Å²) in [5, 5.41) is 2.56. The molecule has 4 nitrogen and oxygen atoms in total. The topological polar surface area (TPSA) is 16.3 Å². The highest BCUT2D eigenvalue weighted by Crippen LogP contribution is 2.49. The van der Waals surface area contributed by atoms with Gasteiger partial charge in [0.25, 0.3) is 0 Å². The van der Waals surface area contributed by atoms with Crippen molar-refractivity contribution in [2.45, 2.75) is 4.90 Å². The first-order chi connectivity index (χ1) is 26.8. The average molecular weight is 704 g/mol. The molecule has 13 rings (SSSR count). The second-order valence-electron chi connectivity index (χ2n) is 14.8. The molecule has 9 aromatic rings. The minimum atomic E-state index is -0.0334. The van der Waals surface area contributed by atoms with Crippen molar-refractivity contribution in [3.05, 3.63) is 164 Å². The Morgan fingerprint density at radius 2 is 0.926 bits per heavy atom. The molecule has 0 amide bonds. The molecule has 0 saturated heterocycles. The fourth-order valence-corrected chi connectivity index (χ4v) is 11.1. The van der Waals surface area contributed by atoms with Crippen molar-refractivity contribution >= 4 is 103 Å². The maximum atomic E-state index is 2.60. The van der Waals surface area contributed by atoms with Gasteiger partial charge >= 0.3 is 13.7 Å². The summed E-state index contributed by atoms with van der Waals surface area (Å²) in [4.78, 5) is 6.39. The lowest BCUT2D eigenvalue weighted by atomic mass is 9.36. The maximum Gasteiger partial charge on any atom is 0.332 e. The summed E-state index contributed by atoms with van der Waals surface area (Å²) in [6, 6.07) is 56.6. The molecule has 4 aliphatic heterocycles. The van der Waals surface area contributed by atoms with Gasteiger partial charge in [0, 0.05) is 55.5 Å². The molecule has 7 aromatic carbocycles. The van der Waals surface area contributed by atoms with Gasteiger partial charge in [-0.25, -0.2) is 0 Å². The van der Waals surface area contributed by atoms with Gasteiger partial charge in [-0.15, -0.1) is 11.8 Å². The number of benzene rings is 7. The zero-order valence-corrected chi connectivity index (χ0v) is 30.3. The highest BCUT2D eigenvalue weighted by Gasteiger charge is 2.50. The smallest absolute Gasteiger partial charge is 0.332 e. The van der Waals surface area contributed by atoms with Gasteiger partial charge in [-0.2, -0.15) is 0 Å². The lowest BCUT2D eigenvalue weighted by molar-refractivity contribution is 1.18. The number of anilines is 6. The highest BCUT2D eigenvalue weighted by molar-refractivity contribution is 7.98. The van der Waals surface area contributed by atoms with E-state index >= 15 is 0 Å². The standard InChI is InChI=1S/C47H30B2N4S/c1-54-40-28-39-43(48-41-33(35-20-8-12-29-24-26-50(48)45(29)35)18-10-22-37(41)52(39)31-14-4-2-5-15-31)44-47(40)53(32-16-6-3-7-17-32)38-23-11-19-34-36-21-9-13-30-25-27-51(46(30)36)49(44)42(34)38/h2-28H,1H3. The van der Waals surface area contributed by atoms with Crippen molar-refractivity contribution in [2.75, 3.05) is 16.1 Å². The number of fused-ring (bicyclic) bond motifs is 9. The first kappa shape index (κ1) is 29.2. The van der Waals surface area contributed by atoms with Crippen LogP contribution in [0.4, 0.5) is 34.1 Å². The SMILES string of the molecule is CSc1cc2c(c3c1N(c1ccccc1)c1cccc4c1B3n1ccc3cccc-4c31)B1c3c(cccc3N2c2ccccc2)-c2cccc3ccn1c23. The number of hydrogen-bond acceptors (Lipinski definition) is 3. The fourth-order valence-electron chi connectivity index (χ4n) is 10.4. The zero-order valence-electron chi connectivity index (χ0n) is 29.4. The summed E-state index contributed by atoms with van der Waals surface area (Å²) in [6.07, 6.45) is 6.94. The first-order valence-electron chi connectivity index (χ1n) is 18.7. The lowest BCUT2D eigenvalue weighted by Crippen LogP contribution is -2.68. The van der Waals surface area contributed by atoms with Crippen molar-refractivity contribution in [1.82, 2.24) is 8.96 Å². The van der Waals surface area contributed by atoms with E-state index < -0.39 is 0 Å². The third kappa shape index (κ3) is 3.49. The van der Waals surface area contributed by atoms with Crippen LogP contribution >= 0.6 is 11.8 Å². The molecular formula is C47H30B2N4S. The Hall–Kier alpha value is -6.30. The Kier molecular flexibility index (Phi) is 5.64. The quantitative estimate of drug-likeness (QED) is 0.135. The predicted molar refractivity (Wildman–Crippen MR) is 230 cm³/mol. The Bertz CT molecular complexity index is 3080. The second kappa shape index (κ2) is 10.4. The average Bonchev–Trinajstić information content (AvgIpc) is 3.87. The van der Waals surface area contributed by atoms with Gasteiger partial charge in [-0.1, -0.05) is 97.1 Å². The molecule has 4 aliphatic rings. The van der Waals surface area contributed by atoms with Crippen LogP contribution < -0.4 is 31.7 Å².